The van der Waals surface area contributed by atoms with Crippen LogP contribution in [0.25, 0.3) is 110 Å². The second-order valence-corrected chi connectivity index (χ2v) is 20.7. The number of aryl methyl sites for hydroxylation is 1. The first-order chi connectivity index (χ1) is 38.1. The van der Waals surface area contributed by atoms with Crippen molar-refractivity contribution in [1.29, 1.82) is 0 Å². The summed E-state index contributed by atoms with van der Waals surface area (Å²) in [4.78, 5) is 5.28. The SMILES string of the molecule is Cc1cc2c(c3ccc(C4=CC(c5ccccc5)=NC(c5ccccc5)N4)cc3n2C2C=CC=CC2)c2c1c1cc(-n3c4ccccc4c4c3ccc3c5ccccc5n(-c5ccccc5)c34)ccc1n2-c1ccccc1. The first-order valence-corrected chi connectivity index (χ1v) is 26.8. The van der Waals surface area contributed by atoms with E-state index in [0.29, 0.717) is 0 Å². The van der Waals surface area contributed by atoms with Crippen LogP contribution in [0, 0.1) is 6.92 Å². The zero-order valence-corrected chi connectivity index (χ0v) is 42.3. The van der Waals surface area contributed by atoms with E-state index in [0.717, 1.165) is 51.6 Å². The largest absolute Gasteiger partial charge is 0.360 e. The molecule has 1 N–H and O–H groups in total. The van der Waals surface area contributed by atoms with E-state index in [-0.39, 0.29) is 12.2 Å². The van der Waals surface area contributed by atoms with Crippen molar-refractivity contribution in [3.63, 3.8) is 0 Å². The number of nitrogens with one attached hydrogen (secondary N) is 1. The molecule has 1 aliphatic heterocycles. The zero-order chi connectivity index (χ0) is 50.7. The number of nitrogens with zero attached hydrogens (tertiary/aromatic N) is 5. The Bertz CT molecular complexity index is 4850. The lowest BCUT2D eigenvalue weighted by Crippen LogP contribution is -2.24. The molecule has 10 aromatic carbocycles. The van der Waals surface area contributed by atoms with Gasteiger partial charge >= 0.3 is 0 Å². The minimum Gasteiger partial charge on any atom is -0.360 e. The summed E-state index contributed by atoms with van der Waals surface area (Å²) in [6.45, 7) is 2.32. The Kier molecular flexibility index (Phi) is 9.64. The van der Waals surface area contributed by atoms with Gasteiger partial charge in [0.25, 0.3) is 0 Å². The minimum atomic E-state index is -0.238. The number of aliphatic imine (C=N–C) groups is 1. The lowest BCUT2D eigenvalue weighted by molar-refractivity contribution is 0.647. The molecular formula is C71H50N6. The van der Waals surface area contributed by atoms with Crippen LogP contribution in [-0.2, 0) is 0 Å². The molecule has 0 spiro atoms. The molecule has 0 radical (unpaired) electrons. The van der Waals surface area contributed by atoms with Crippen molar-refractivity contribution in [1.82, 2.24) is 23.6 Å². The van der Waals surface area contributed by atoms with Crippen LogP contribution in [0.3, 0.4) is 0 Å². The molecule has 2 aliphatic rings. The molecule has 0 amide bonds. The Morgan fingerprint density at radius 2 is 1.04 bits per heavy atom. The van der Waals surface area contributed by atoms with E-state index >= 15 is 0 Å². The number of para-hydroxylation sites is 4. The van der Waals surface area contributed by atoms with E-state index in [4.69, 9.17) is 4.99 Å². The molecule has 6 nitrogen and oxygen atoms in total. The molecule has 77 heavy (non-hydrogen) atoms. The molecule has 0 fully saturated rings. The number of hydrogen-bond donors (Lipinski definition) is 1. The van der Waals surface area contributed by atoms with Crippen molar-refractivity contribution < 1.29 is 0 Å². The molecule has 2 unspecified atom stereocenters. The zero-order valence-electron chi connectivity index (χ0n) is 42.3. The smallest absolute Gasteiger partial charge is 0.145 e. The van der Waals surface area contributed by atoms with Gasteiger partial charge in [-0.1, -0.05) is 176 Å². The fourth-order valence-electron chi connectivity index (χ4n) is 13.1. The molecule has 0 bridgehead atoms. The summed E-state index contributed by atoms with van der Waals surface area (Å²) in [6, 6.07) is 82.3. The fraction of sp³-hybridized carbons (Fsp3) is 0.0563. The van der Waals surface area contributed by atoms with E-state index in [1.807, 2.05) is 0 Å². The quantitative estimate of drug-likeness (QED) is 0.170. The molecule has 364 valence electrons. The van der Waals surface area contributed by atoms with E-state index in [9.17, 15) is 0 Å². The van der Waals surface area contributed by atoms with Gasteiger partial charge in [-0.05, 0) is 114 Å². The monoisotopic (exact) mass is 986 g/mol. The van der Waals surface area contributed by atoms with E-state index in [2.05, 4.69) is 285 Å². The fourth-order valence-corrected chi connectivity index (χ4v) is 13.1. The minimum absolute atomic E-state index is 0.127. The van der Waals surface area contributed by atoms with Crippen LogP contribution in [-0.4, -0.2) is 24.0 Å². The summed E-state index contributed by atoms with van der Waals surface area (Å²) in [5.41, 5.74) is 19.6. The lowest BCUT2D eigenvalue weighted by Gasteiger charge is -2.25. The van der Waals surface area contributed by atoms with Crippen molar-refractivity contribution in [3.8, 4) is 17.1 Å². The summed E-state index contributed by atoms with van der Waals surface area (Å²) in [6.07, 6.45) is 12.0. The van der Waals surface area contributed by atoms with Gasteiger partial charge in [0.1, 0.15) is 6.17 Å². The first kappa shape index (κ1) is 43.5. The Morgan fingerprint density at radius 3 is 1.78 bits per heavy atom. The van der Waals surface area contributed by atoms with E-state index in [1.54, 1.807) is 0 Å². The molecule has 14 aromatic rings. The van der Waals surface area contributed by atoms with Crippen molar-refractivity contribution in [2.24, 2.45) is 4.99 Å². The third-order valence-corrected chi connectivity index (χ3v) is 16.4. The standard InChI is InChI=1S/C71H50N6/c1-45-41-65-68(56-37-35-48(42-64(56)74(65)49-25-11-4-12-26-49)59-44-58(46-21-7-2-8-22-46)72-71(73-59)47-23-9-3-10-24-47)70-66(45)57-43-52(36-39-62(57)77(70)51-29-15-6-16-30-51)75-61-34-20-18-32-55(61)67-63(75)40-38-54-53-31-17-19-33-60(53)76(69(54)67)50-27-13-5-14-28-50/h2-25,27-44,49,71,73H,26H2,1H3. The summed E-state index contributed by atoms with van der Waals surface area (Å²) < 4.78 is 10.1. The molecule has 4 aromatic heterocycles. The van der Waals surface area contributed by atoms with Gasteiger partial charge in [0.2, 0.25) is 0 Å². The molecule has 2 atom stereocenters. The van der Waals surface area contributed by atoms with Gasteiger partial charge in [-0.25, -0.2) is 0 Å². The van der Waals surface area contributed by atoms with Crippen LogP contribution in [0.5, 0.6) is 0 Å². The van der Waals surface area contributed by atoms with Gasteiger partial charge in [-0.15, -0.1) is 0 Å². The topological polar surface area (TPSA) is 44.1 Å². The summed E-state index contributed by atoms with van der Waals surface area (Å²) in [7, 11) is 0. The van der Waals surface area contributed by atoms with Gasteiger partial charge < -0.3 is 23.6 Å². The van der Waals surface area contributed by atoms with Crippen LogP contribution in [0.15, 0.2) is 260 Å². The van der Waals surface area contributed by atoms with Gasteiger partial charge in [-0.2, -0.15) is 0 Å². The number of hydrogen-bond acceptors (Lipinski definition) is 2. The number of allylic oxidation sites excluding steroid dienone is 5. The van der Waals surface area contributed by atoms with Crippen LogP contribution in [0.2, 0.25) is 0 Å². The Balaban J connectivity index is 0.959. The summed E-state index contributed by atoms with van der Waals surface area (Å²) >= 11 is 0. The van der Waals surface area contributed by atoms with Crippen molar-refractivity contribution in [3.05, 3.63) is 277 Å². The maximum Gasteiger partial charge on any atom is 0.145 e. The number of rotatable bonds is 7. The average Bonchev–Trinajstić information content (AvgIpc) is 4.43. The van der Waals surface area contributed by atoms with Crippen molar-refractivity contribution in [2.75, 3.05) is 0 Å². The van der Waals surface area contributed by atoms with Crippen LogP contribution >= 0.6 is 0 Å². The average molecular weight is 987 g/mol. The van der Waals surface area contributed by atoms with E-state index < -0.39 is 0 Å². The van der Waals surface area contributed by atoms with Crippen LogP contribution < -0.4 is 5.32 Å². The lowest BCUT2D eigenvalue weighted by atomic mass is 10.00. The van der Waals surface area contributed by atoms with Crippen LogP contribution in [0.1, 0.15) is 40.9 Å². The van der Waals surface area contributed by atoms with Gasteiger partial charge in [0.05, 0.1) is 55.9 Å². The number of fused-ring (bicyclic) bond motifs is 14. The highest BCUT2D eigenvalue weighted by Crippen LogP contribution is 2.47. The highest BCUT2D eigenvalue weighted by Gasteiger charge is 2.28. The Labute approximate surface area is 444 Å². The first-order valence-electron chi connectivity index (χ1n) is 26.8. The third-order valence-electron chi connectivity index (χ3n) is 16.4. The van der Waals surface area contributed by atoms with Gasteiger partial charge in [0.15, 0.2) is 0 Å². The second kappa shape index (κ2) is 17.1. The maximum atomic E-state index is 5.28. The molecule has 1 aliphatic carbocycles. The molecule has 16 rings (SSSR count). The van der Waals surface area contributed by atoms with Crippen molar-refractivity contribution >= 4 is 98.6 Å². The summed E-state index contributed by atoms with van der Waals surface area (Å²) in [5, 5.41) is 13.8. The predicted octanol–water partition coefficient (Wildman–Crippen LogP) is 17.6. The molecule has 0 saturated heterocycles. The van der Waals surface area contributed by atoms with Gasteiger partial charge in [-0.3, -0.25) is 4.99 Å². The number of aromatic nitrogens is 4. The highest BCUT2D eigenvalue weighted by atomic mass is 15.1. The second-order valence-electron chi connectivity index (χ2n) is 20.7. The Morgan fingerprint density at radius 1 is 0.429 bits per heavy atom. The maximum absolute atomic E-state index is 5.28. The number of benzene rings is 10. The van der Waals surface area contributed by atoms with Gasteiger partial charge in [0, 0.05) is 65.8 Å². The highest BCUT2D eigenvalue weighted by molar-refractivity contribution is 6.29. The summed E-state index contributed by atoms with van der Waals surface area (Å²) in [5.74, 6) is 0. The Hall–Kier alpha value is -9.91. The normalized spacial score (nSPS) is 15.7. The molecular weight excluding hydrogens is 937 g/mol. The van der Waals surface area contributed by atoms with E-state index in [1.165, 1.54) is 92.8 Å². The molecule has 5 heterocycles. The third kappa shape index (κ3) is 6.58. The molecule has 0 saturated carbocycles. The predicted molar refractivity (Wildman–Crippen MR) is 322 cm³/mol. The van der Waals surface area contributed by atoms with Crippen LogP contribution in [0.4, 0.5) is 0 Å². The molecule has 6 heteroatoms. The van der Waals surface area contributed by atoms with Crippen molar-refractivity contribution in [2.45, 2.75) is 25.6 Å².